The number of hydrogen-bond donors (Lipinski definition) is 0. The zero-order chi connectivity index (χ0) is 15.7. The van der Waals surface area contributed by atoms with Gasteiger partial charge in [0.25, 0.3) is 0 Å². The van der Waals surface area contributed by atoms with Crippen LogP contribution < -0.4 is 0 Å². The van der Waals surface area contributed by atoms with Gasteiger partial charge in [-0.15, -0.1) is 10.2 Å². The van der Waals surface area contributed by atoms with E-state index in [1.165, 1.54) is 7.11 Å². The third kappa shape index (κ3) is 2.74. The third-order valence-electron chi connectivity index (χ3n) is 3.76. The number of rotatable bonds is 4. The van der Waals surface area contributed by atoms with Crippen LogP contribution in [-0.2, 0) is 11.3 Å². The Labute approximate surface area is 128 Å². The van der Waals surface area contributed by atoms with Crippen LogP contribution in [0, 0.1) is 13.8 Å². The molecule has 1 amide bonds. The predicted octanol–water partition coefficient (Wildman–Crippen LogP) is 1.12. The lowest BCUT2D eigenvalue weighted by atomic mass is 10.2. The average Bonchev–Trinajstić information content (AvgIpc) is 3.18. The summed E-state index contributed by atoms with van der Waals surface area (Å²) in [5.74, 6) is 0.0834. The van der Waals surface area contributed by atoms with Crippen LogP contribution in [0.3, 0.4) is 0 Å². The summed E-state index contributed by atoms with van der Waals surface area (Å²) in [7, 11) is 1.53. The quantitative estimate of drug-likeness (QED) is 0.841. The predicted molar refractivity (Wildman–Crippen MR) is 76.3 cm³/mol. The Kier molecular flexibility index (Phi) is 3.93. The summed E-state index contributed by atoms with van der Waals surface area (Å²) in [6.45, 7) is 5.46. The first kappa shape index (κ1) is 14.7. The molecule has 1 aliphatic rings. The van der Waals surface area contributed by atoms with E-state index in [4.69, 9.17) is 9.15 Å². The molecule has 8 nitrogen and oxygen atoms in total. The molecule has 3 rings (SSSR count). The molecule has 0 aliphatic carbocycles. The van der Waals surface area contributed by atoms with Gasteiger partial charge in [-0.2, -0.15) is 5.10 Å². The molecule has 2 aromatic rings. The van der Waals surface area contributed by atoms with Crippen molar-refractivity contribution in [2.45, 2.75) is 32.9 Å². The highest BCUT2D eigenvalue weighted by Gasteiger charge is 2.31. The van der Waals surface area contributed by atoms with Crippen molar-refractivity contribution in [2.24, 2.45) is 0 Å². The number of carbonyl (C=O) groups excluding carboxylic acids is 1. The maximum atomic E-state index is 12.4. The number of aromatic nitrogens is 4. The second-order valence-corrected chi connectivity index (χ2v) is 5.50. The molecule has 118 valence electrons. The topological polar surface area (TPSA) is 86.3 Å². The van der Waals surface area contributed by atoms with Crippen molar-refractivity contribution < 1.29 is 13.9 Å². The van der Waals surface area contributed by atoms with Crippen molar-refractivity contribution in [3.05, 3.63) is 29.2 Å². The van der Waals surface area contributed by atoms with E-state index in [1.54, 1.807) is 4.90 Å². The van der Waals surface area contributed by atoms with Gasteiger partial charge in [-0.1, -0.05) is 0 Å². The molecule has 0 radical (unpaired) electrons. The van der Waals surface area contributed by atoms with Crippen LogP contribution in [0.15, 0.2) is 10.5 Å². The number of likely N-dealkylation sites (tertiary alicyclic amines) is 1. The number of hydrogen-bond acceptors (Lipinski definition) is 6. The largest absolute Gasteiger partial charge is 0.414 e. The Morgan fingerprint density at radius 2 is 2.27 bits per heavy atom. The van der Waals surface area contributed by atoms with Crippen LogP contribution in [0.2, 0.25) is 0 Å². The van der Waals surface area contributed by atoms with E-state index >= 15 is 0 Å². The number of amides is 1. The highest BCUT2D eigenvalue weighted by atomic mass is 16.5. The average molecular weight is 305 g/mol. The molecule has 2 aromatic heterocycles. The molecule has 3 heterocycles. The molecule has 0 N–H and O–H groups in total. The molecule has 1 saturated heterocycles. The molecule has 8 heteroatoms. The van der Waals surface area contributed by atoms with Gasteiger partial charge in [-0.3, -0.25) is 9.48 Å². The van der Waals surface area contributed by atoms with Crippen molar-refractivity contribution in [3.8, 4) is 0 Å². The lowest BCUT2D eigenvalue weighted by Crippen LogP contribution is -2.29. The SMILES string of the molecule is COCc1nnc(C(=O)N2CC[C@@H](n3nc(C)cc3C)C2)o1. The molecule has 22 heavy (non-hydrogen) atoms. The highest BCUT2D eigenvalue weighted by Crippen LogP contribution is 2.24. The first-order valence-electron chi connectivity index (χ1n) is 7.22. The van der Waals surface area contributed by atoms with E-state index in [0.29, 0.717) is 19.0 Å². The Bertz CT molecular complexity index is 678. The fourth-order valence-corrected chi connectivity index (χ4v) is 2.80. The number of ether oxygens (including phenoxy) is 1. The van der Waals surface area contributed by atoms with Crippen LogP contribution in [-0.4, -0.2) is 51.0 Å². The summed E-state index contributed by atoms with van der Waals surface area (Å²) in [6.07, 6.45) is 0.868. The second kappa shape index (κ2) is 5.88. The minimum atomic E-state index is -0.237. The Morgan fingerprint density at radius 1 is 1.45 bits per heavy atom. The molecule has 0 unspecified atom stereocenters. The highest BCUT2D eigenvalue weighted by molar-refractivity contribution is 5.89. The monoisotopic (exact) mass is 305 g/mol. The second-order valence-electron chi connectivity index (χ2n) is 5.50. The lowest BCUT2D eigenvalue weighted by molar-refractivity contribution is 0.0739. The first-order chi connectivity index (χ1) is 10.6. The zero-order valence-corrected chi connectivity index (χ0v) is 12.9. The Balaban J connectivity index is 1.69. The zero-order valence-electron chi connectivity index (χ0n) is 12.9. The van der Waals surface area contributed by atoms with E-state index in [1.807, 2.05) is 24.6 Å². The molecule has 1 fully saturated rings. The molecule has 1 aliphatic heterocycles. The molecule has 0 saturated carbocycles. The summed E-state index contributed by atoms with van der Waals surface area (Å²) in [4.78, 5) is 14.1. The summed E-state index contributed by atoms with van der Waals surface area (Å²) in [5, 5.41) is 12.1. The summed E-state index contributed by atoms with van der Waals surface area (Å²) in [5.41, 5.74) is 2.10. The number of nitrogens with zero attached hydrogens (tertiary/aromatic N) is 5. The molecule has 1 atom stereocenters. The lowest BCUT2D eigenvalue weighted by Gasteiger charge is -2.15. The summed E-state index contributed by atoms with van der Waals surface area (Å²) < 4.78 is 12.2. The minimum absolute atomic E-state index is 0.0149. The van der Waals surface area contributed by atoms with Gasteiger partial charge in [0.15, 0.2) is 0 Å². The molecule has 0 spiro atoms. The standard InChI is InChI=1S/C14H19N5O3/c1-9-6-10(2)19(17-9)11-4-5-18(7-11)14(20)13-16-15-12(22-13)8-21-3/h6,11H,4-5,7-8H2,1-3H3/t11-/m1/s1. The van der Waals surface area contributed by atoms with Gasteiger partial charge >= 0.3 is 11.8 Å². The first-order valence-corrected chi connectivity index (χ1v) is 7.22. The maximum Gasteiger partial charge on any atom is 0.311 e. The molecular formula is C14H19N5O3. The Hall–Kier alpha value is -2.22. The smallest absolute Gasteiger partial charge is 0.311 e. The fourth-order valence-electron chi connectivity index (χ4n) is 2.80. The van der Waals surface area contributed by atoms with Crippen molar-refractivity contribution in [2.75, 3.05) is 20.2 Å². The van der Waals surface area contributed by atoms with Crippen LogP contribution in [0.1, 0.15) is 40.4 Å². The van der Waals surface area contributed by atoms with E-state index in [9.17, 15) is 4.79 Å². The molecule has 0 aromatic carbocycles. The Morgan fingerprint density at radius 3 is 2.95 bits per heavy atom. The molecular weight excluding hydrogens is 286 g/mol. The number of carbonyl (C=O) groups is 1. The van der Waals surface area contributed by atoms with Crippen LogP contribution in [0.25, 0.3) is 0 Å². The fraction of sp³-hybridized carbons (Fsp3) is 0.571. The van der Waals surface area contributed by atoms with E-state index in [2.05, 4.69) is 15.3 Å². The van der Waals surface area contributed by atoms with Gasteiger partial charge in [-0.25, -0.2) is 0 Å². The summed E-state index contributed by atoms with van der Waals surface area (Å²) >= 11 is 0. The van der Waals surface area contributed by atoms with E-state index < -0.39 is 0 Å². The van der Waals surface area contributed by atoms with Crippen molar-refractivity contribution in [1.82, 2.24) is 24.9 Å². The summed E-state index contributed by atoms with van der Waals surface area (Å²) in [6, 6.07) is 2.23. The van der Waals surface area contributed by atoms with Crippen molar-refractivity contribution >= 4 is 5.91 Å². The van der Waals surface area contributed by atoms with Gasteiger partial charge in [-0.05, 0) is 26.3 Å². The van der Waals surface area contributed by atoms with Gasteiger partial charge in [0, 0.05) is 25.9 Å². The maximum absolute atomic E-state index is 12.4. The van der Waals surface area contributed by atoms with Gasteiger partial charge in [0.2, 0.25) is 5.89 Å². The minimum Gasteiger partial charge on any atom is -0.414 e. The van der Waals surface area contributed by atoms with Gasteiger partial charge in [0.1, 0.15) is 6.61 Å². The van der Waals surface area contributed by atoms with Crippen LogP contribution >= 0.6 is 0 Å². The van der Waals surface area contributed by atoms with Gasteiger partial charge in [0.05, 0.1) is 11.7 Å². The van der Waals surface area contributed by atoms with Crippen molar-refractivity contribution in [3.63, 3.8) is 0 Å². The van der Waals surface area contributed by atoms with Crippen LogP contribution in [0.5, 0.6) is 0 Å². The normalized spacial score (nSPS) is 18.1. The number of aryl methyl sites for hydroxylation is 2. The van der Waals surface area contributed by atoms with Crippen molar-refractivity contribution in [1.29, 1.82) is 0 Å². The van der Waals surface area contributed by atoms with E-state index in [-0.39, 0.29) is 24.4 Å². The number of methoxy groups -OCH3 is 1. The van der Waals surface area contributed by atoms with E-state index in [0.717, 1.165) is 17.8 Å². The molecule has 0 bridgehead atoms. The van der Waals surface area contributed by atoms with Crippen LogP contribution in [0.4, 0.5) is 0 Å². The van der Waals surface area contributed by atoms with Gasteiger partial charge < -0.3 is 14.1 Å². The third-order valence-corrected chi connectivity index (χ3v) is 3.76.